The number of thiophene rings is 1. The van der Waals surface area contributed by atoms with Gasteiger partial charge in [-0.05, 0) is 32.0 Å². The molecule has 0 bridgehead atoms. The molecule has 0 atom stereocenters. The summed E-state index contributed by atoms with van der Waals surface area (Å²) in [6, 6.07) is 1.83. The number of carbonyl (C=O) groups excluding carboxylic acids is 1. The van der Waals surface area contributed by atoms with E-state index in [4.69, 9.17) is 5.11 Å². The van der Waals surface area contributed by atoms with E-state index in [-0.39, 0.29) is 12.5 Å². The molecule has 0 radical (unpaired) electrons. The SMILES string of the molecule is CCCN(CCN(C)C)C(=O)c1sccc1C#CCO. The summed E-state index contributed by atoms with van der Waals surface area (Å²) in [4.78, 5) is 17.2. The number of likely N-dealkylation sites (N-methyl/N-ethyl adjacent to an activating group) is 1. The summed E-state index contributed by atoms with van der Waals surface area (Å²) < 4.78 is 0. The Morgan fingerprint density at radius 1 is 1.35 bits per heavy atom. The molecular weight excluding hydrogens is 272 g/mol. The monoisotopic (exact) mass is 294 g/mol. The van der Waals surface area contributed by atoms with E-state index >= 15 is 0 Å². The van der Waals surface area contributed by atoms with E-state index in [9.17, 15) is 4.79 Å². The van der Waals surface area contributed by atoms with Crippen molar-refractivity contribution in [2.75, 3.05) is 40.3 Å². The number of rotatable bonds is 6. The molecule has 1 rings (SSSR count). The highest BCUT2D eigenvalue weighted by atomic mass is 32.1. The quantitative estimate of drug-likeness (QED) is 0.809. The zero-order valence-electron chi connectivity index (χ0n) is 12.3. The number of aliphatic hydroxyl groups excluding tert-OH is 1. The zero-order valence-corrected chi connectivity index (χ0v) is 13.2. The average Bonchev–Trinajstić information content (AvgIpc) is 2.88. The molecule has 0 aliphatic carbocycles. The zero-order chi connectivity index (χ0) is 15.0. The number of carbonyl (C=O) groups is 1. The number of hydrogen-bond donors (Lipinski definition) is 1. The third-order valence-corrected chi connectivity index (χ3v) is 3.66. The van der Waals surface area contributed by atoms with E-state index in [2.05, 4.69) is 23.7 Å². The van der Waals surface area contributed by atoms with E-state index in [1.165, 1.54) is 11.3 Å². The van der Waals surface area contributed by atoms with Gasteiger partial charge in [-0.25, -0.2) is 0 Å². The van der Waals surface area contributed by atoms with Gasteiger partial charge in [0.25, 0.3) is 5.91 Å². The maximum absolute atomic E-state index is 12.6. The van der Waals surface area contributed by atoms with Crippen LogP contribution in [-0.4, -0.2) is 61.2 Å². The fourth-order valence-corrected chi connectivity index (χ4v) is 2.57. The largest absolute Gasteiger partial charge is 0.384 e. The minimum absolute atomic E-state index is 0.0333. The van der Waals surface area contributed by atoms with Gasteiger partial charge in [0.15, 0.2) is 0 Å². The second kappa shape index (κ2) is 8.75. The van der Waals surface area contributed by atoms with Crippen LogP contribution in [0.1, 0.15) is 28.6 Å². The van der Waals surface area contributed by atoms with Crippen LogP contribution in [0.2, 0.25) is 0 Å². The van der Waals surface area contributed by atoms with Crippen molar-refractivity contribution in [3.63, 3.8) is 0 Å². The Kier molecular flexibility index (Phi) is 7.31. The van der Waals surface area contributed by atoms with Gasteiger partial charge in [0, 0.05) is 25.2 Å². The van der Waals surface area contributed by atoms with Crippen molar-refractivity contribution in [2.45, 2.75) is 13.3 Å². The van der Waals surface area contributed by atoms with Crippen molar-refractivity contribution >= 4 is 17.2 Å². The van der Waals surface area contributed by atoms with Crippen LogP contribution in [0.25, 0.3) is 0 Å². The van der Waals surface area contributed by atoms with Crippen LogP contribution in [0, 0.1) is 11.8 Å². The van der Waals surface area contributed by atoms with Crippen molar-refractivity contribution < 1.29 is 9.90 Å². The second-order valence-electron chi connectivity index (χ2n) is 4.72. The highest BCUT2D eigenvalue weighted by Gasteiger charge is 2.19. The van der Waals surface area contributed by atoms with Gasteiger partial charge in [-0.1, -0.05) is 18.8 Å². The Morgan fingerprint density at radius 3 is 2.70 bits per heavy atom. The Morgan fingerprint density at radius 2 is 2.10 bits per heavy atom. The summed E-state index contributed by atoms with van der Waals surface area (Å²) in [6.07, 6.45) is 0.933. The summed E-state index contributed by atoms with van der Waals surface area (Å²) >= 11 is 1.41. The third kappa shape index (κ3) is 4.97. The molecule has 0 aromatic carbocycles. The van der Waals surface area contributed by atoms with Gasteiger partial charge < -0.3 is 14.9 Å². The molecule has 1 aromatic rings. The van der Waals surface area contributed by atoms with Crippen molar-refractivity contribution in [3.8, 4) is 11.8 Å². The summed E-state index contributed by atoms with van der Waals surface area (Å²) in [7, 11) is 4.00. The van der Waals surface area contributed by atoms with Crippen molar-refractivity contribution in [2.24, 2.45) is 0 Å². The fourth-order valence-electron chi connectivity index (χ4n) is 1.76. The van der Waals surface area contributed by atoms with E-state index in [0.29, 0.717) is 17.0 Å². The first-order valence-corrected chi connectivity index (χ1v) is 7.59. The molecule has 5 heteroatoms. The fraction of sp³-hybridized carbons (Fsp3) is 0.533. The molecule has 4 nitrogen and oxygen atoms in total. The number of hydrogen-bond acceptors (Lipinski definition) is 4. The Labute approximate surface area is 125 Å². The lowest BCUT2D eigenvalue weighted by Crippen LogP contribution is -2.37. The maximum Gasteiger partial charge on any atom is 0.265 e. The van der Waals surface area contributed by atoms with Gasteiger partial charge in [0.1, 0.15) is 11.5 Å². The average molecular weight is 294 g/mol. The summed E-state index contributed by atoms with van der Waals surface area (Å²) in [5, 5.41) is 10.6. The van der Waals surface area contributed by atoms with E-state index < -0.39 is 0 Å². The van der Waals surface area contributed by atoms with Crippen LogP contribution in [0.3, 0.4) is 0 Å². The Hall–Kier alpha value is -1.35. The first-order valence-electron chi connectivity index (χ1n) is 6.71. The molecule has 0 fully saturated rings. The van der Waals surface area contributed by atoms with Gasteiger partial charge in [-0.15, -0.1) is 11.3 Å². The Balaban J connectivity index is 2.86. The maximum atomic E-state index is 12.6. The third-order valence-electron chi connectivity index (χ3n) is 2.76. The van der Waals surface area contributed by atoms with Crippen LogP contribution in [0.15, 0.2) is 11.4 Å². The van der Waals surface area contributed by atoms with Crippen molar-refractivity contribution in [3.05, 3.63) is 21.9 Å². The lowest BCUT2D eigenvalue weighted by atomic mass is 10.2. The van der Waals surface area contributed by atoms with Gasteiger partial charge in [-0.3, -0.25) is 4.79 Å². The standard InChI is InChI=1S/C15H22N2O2S/c1-4-8-17(10-9-16(2)3)15(19)14-13(6-5-11-18)7-12-20-14/h7,12,18H,4,8-11H2,1-3H3. The molecule has 0 aliphatic heterocycles. The second-order valence-corrected chi connectivity index (χ2v) is 5.63. The smallest absolute Gasteiger partial charge is 0.265 e. The van der Waals surface area contributed by atoms with E-state index in [1.807, 2.05) is 30.4 Å². The minimum atomic E-state index is -0.192. The lowest BCUT2D eigenvalue weighted by molar-refractivity contribution is 0.0749. The summed E-state index contributed by atoms with van der Waals surface area (Å²) in [5.74, 6) is 5.47. The highest BCUT2D eigenvalue weighted by molar-refractivity contribution is 7.12. The van der Waals surface area contributed by atoms with Crippen molar-refractivity contribution in [1.29, 1.82) is 0 Å². The molecule has 0 unspecified atom stereocenters. The van der Waals surface area contributed by atoms with Crippen LogP contribution in [-0.2, 0) is 0 Å². The van der Waals surface area contributed by atoms with Gasteiger partial charge in [0.2, 0.25) is 0 Å². The topological polar surface area (TPSA) is 43.8 Å². The minimum Gasteiger partial charge on any atom is -0.384 e. The molecule has 1 amide bonds. The molecule has 0 saturated carbocycles. The van der Waals surface area contributed by atoms with Crippen molar-refractivity contribution in [1.82, 2.24) is 9.80 Å². The molecule has 20 heavy (non-hydrogen) atoms. The lowest BCUT2D eigenvalue weighted by Gasteiger charge is -2.23. The number of aliphatic hydroxyl groups is 1. The highest BCUT2D eigenvalue weighted by Crippen LogP contribution is 2.18. The Bertz CT molecular complexity index is 486. The number of nitrogens with zero attached hydrogens (tertiary/aromatic N) is 2. The van der Waals surface area contributed by atoms with Gasteiger partial charge >= 0.3 is 0 Å². The summed E-state index contributed by atoms with van der Waals surface area (Å²) in [6.45, 7) is 4.18. The van der Waals surface area contributed by atoms with Crippen LogP contribution in [0.5, 0.6) is 0 Å². The van der Waals surface area contributed by atoms with Crippen LogP contribution < -0.4 is 0 Å². The van der Waals surface area contributed by atoms with Gasteiger partial charge in [-0.2, -0.15) is 0 Å². The molecule has 110 valence electrons. The predicted octanol–water partition coefficient (Wildman–Crippen LogP) is 1.51. The van der Waals surface area contributed by atoms with Crippen LogP contribution in [0.4, 0.5) is 0 Å². The first kappa shape index (κ1) is 16.7. The van der Waals surface area contributed by atoms with Crippen LogP contribution >= 0.6 is 11.3 Å². The number of amides is 1. The van der Waals surface area contributed by atoms with E-state index in [1.54, 1.807) is 0 Å². The molecule has 0 aliphatic rings. The normalized spacial score (nSPS) is 10.2. The molecule has 0 spiro atoms. The summed E-state index contributed by atoms with van der Waals surface area (Å²) in [5.41, 5.74) is 0.708. The van der Waals surface area contributed by atoms with Gasteiger partial charge in [0.05, 0.1) is 0 Å². The first-order chi connectivity index (χ1) is 9.60. The molecule has 1 aromatic heterocycles. The molecule has 0 saturated heterocycles. The van der Waals surface area contributed by atoms with E-state index in [0.717, 1.165) is 19.5 Å². The predicted molar refractivity (Wildman–Crippen MR) is 83.0 cm³/mol. The molecular formula is C15H22N2O2S. The molecule has 1 heterocycles. The molecule has 1 N–H and O–H groups in total.